The Morgan fingerprint density at radius 3 is 2.44 bits per heavy atom. The fraction of sp³-hybridized carbons (Fsp3) is 0.400. The van der Waals surface area contributed by atoms with Crippen molar-refractivity contribution >= 4 is 27.1 Å². The van der Waals surface area contributed by atoms with Gasteiger partial charge in [0, 0.05) is 30.7 Å². The quantitative estimate of drug-likeness (QED) is 0.873. The van der Waals surface area contributed by atoms with Gasteiger partial charge in [0.05, 0.1) is 11.5 Å². The highest BCUT2D eigenvalue weighted by Gasteiger charge is 2.31. The Morgan fingerprint density at radius 1 is 1.19 bits per heavy atom. The molecule has 7 heteroatoms. The standard InChI is InChI=1S/C20H25N3O3S/c1-13-9-14(2)19(15(3)10-13)22-20(24)18-11-16(5-7-21-18)23(4)17-6-8-27(25,26)12-17/h5,7,9-11,17H,6,8,12H2,1-4H3,(H,22,24). The third-order valence-corrected chi connectivity index (χ3v) is 6.81. The molecule has 1 aromatic carbocycles. The first-order chi connectivity index (χ1) is 12.7. The number of carbonyl (C=O) groups excluding carboxylic acids is 1. The largest absolute Gasteiger partial charge is 0.370 e. The number of anilines is 2. The lowest BCUT2D eigenvalue weighted by Gasteiger charge is -2.25. The molecule has 144 valence electrons. The summed E-state index contributed by atoms with van der Waals surface area (Å²) in [7, 11) is -1.11. The predicted octanol–water partition coefficient (Wildman–Crippen LogP) is 2.88. The Morgan fingerprint density at radius 2 is 1.85 bits per heavy atom. The zero-order valence-electron chi connectivity index (χ0n) is 16.1. The molecule has 1 atom stereocenters. The summed E-state index contributed by atoms with van der Waals surface area (Å²) in [5, 5.41) is 2.95. The number of nitrogens with zero attached hydrogens (tertiary/aromatic N) is 2. The molecule has 1 aliphatic rings. The molecule has 2 aromatic rings. The summed E-state index contributed by atoms with van der Waals surface area (Å²) < 4.78 is 23.5. The number of pyridine rings is 1. The molecule has 1 amide bonds. The molecule has 3 rings (SSSR count). The van der Waals surface area contributed by atoms with Crippen molar-refractivity contribution in [2.75, 3.05) is 28.8 Å². The Kier molecular flexibility index (Phi) is 5.24. The Bertz CT molecular complexity index is 963. The summed E-state index contributed by atoms with van der Waals surface area (Å²) in [6.07, 6.45) is 2.18. The summed E-state index contributed by atoms with van der Waals surface area (Å²) >= 11 is 0. The second-order valence-electron chi connectivity index (χ2n) is 7.29. The normalized spacial score (nSPS) is 18.3. The van der Waals surface area contributed by atoms with Gasteiger partial charge in [-0.1, -0.05) is 17.7 Å². The van der Waals surface area contributed by atoms with E-state index in [9.17, 15) is 13.2 Å². The Hall–Kier alpha value is -2.41. The minimum absolute atomic E-state index is 0.0742. The van der Waals surface area contributed by atoms with Gasteiger partial charge < -0.3 is 10.2 Å². The summed E-state index contributed by atoms with van der Waals surface area (Å²) in [5.41, 5.74) is 5.05. The van der Waals surface area contributed by atoms with Gasteiger partial charge in [0.15, 0.2) is 9.84 Å². The lowest BCUT2D eigenvalue weighted by atomic mass is 10.0. The van der Waals surface area contributed by atoms with Gasteiger partial charge in [-0.3, -0.25) is 9.78 Å². The van der Waals surface area contributed by atoms with Crippen molar-refractivity contribution in [2.24, 2.45) is 0 Å². The average molecular weight is 388 g/mol. The van der Waals surface area contributed by atoms with E-state index in [4.69, 9.17) is 0 Å². The van der Waals surface area contributed by atoms with E-state index in [2.05, 4.69) is 10.3 Å². The van der Waals surface area contributed by atoms with Crippen LogP contribution in [0.25, 0.3) is 0 Å². The fourth-order valence-electron chi connectivity index (χ4n) is 3.61. The van der Waals surface area contributed by atoms with Crippen LogP contribution < -0.4 is 10.2 Å². The number of benzene rings is 1. The molecule has 1 saturated heterocycles. The number of aryl methyl sites for hydroxylation is 3. The van der Waals surface area contributed by atoms with E-state index in [0.29, 0.717) is 12.1 Å². The molecule has 1 aromatic heterocycles. The number of hydrogen-bond donors (Lipinski definition) is 1. The molecule has 0 aliphatic carbocycles. The van der Waals surface area contributed by atoms with Gasteiger partial charge in [0.2, 0.25) is 0 Å². The van der Waals surface area contributed by atoms with E-state index in [0.717, 1.165) is 28.1 Å². The average Bonchev–Trinajstić information content (AvgIpc) is 2.97. The van der Waals surface area contributed by atoms with E-state index < -0.39 is 9.84 Å². The molecule has 0 saturated carbocycles. The highest BCUT2D eigenvalue weighted by Crippen LogP contribution is 2.25. The Balaban J connectivity index is 1.80. The summed E-state index contributed by atoms with van der Waals surface area (Å²) in [6.45, 7) is 5.96. The molecule has 6 nitrogen and oxygen atoms in total. The molecular weight excluding hydrogens is 362 g/mol. The number of sulfone groups is 1. The third kappa shape index (κ3) is 4.30. The number of amides is 1. The maximum Gasteiger partial charge on any atom is 0.274 e. The second-order valence-corrected chi connectivity index (χ2v) is 9.52. The van der Waals surface area contributed by atoms with E-state index in [1.807, 2.05) is 44.9 Å². The summed E-state index contributed by atoms with van der Waals surface area (Å²) in [4.78, 5) is 18.8. The molecule has 0 radical (unpaired) electrons. The van der Waals surface area contributed by atoms with Crippen molar-refractivity contribution < 1.29 is 13.2 Å². The molecule has 27 heavy (non-hydrogen) atoms. The van der Waals surface area contributed by atoms with Gasteiger partial charge in [-0.25, -0.2) is 8.42 Å². The first-order valence-electron chi connectivity index (χ1n) is 8.95. The summed E-state index contributed by atoms with van der Waals surface area (Å²) in [6, 6.07) is 7.49. The van der Waals surface area contributed by atoms with Crippen molar-refractivity contribution in [3.05, 3.63) is 52.8 Å². The zero-order valence-corrected chi connectivity index (χ0v) is 16.9. The maximum atomic E-state index is 12.7. The van der Waals surface area contributed by atoms with Crippen LogP contribution in [-0.2, 0) is 9.84 Å². The number of aromatic nitrogens is 1. The van der Waals surface area contributed by atoms with Crippen LogP contribution in [0.1, 0.15) is 33.6 Å². The fourth-order valence-corrected chi connectivity index (χ4v) is 5.38. The van der Waals surface area contributed by atoms with E-state index >= 15 is 0 Å². The van der Waals surface area contributed by atoms with Gasteiger partial charge in [0.25, 0.3) is 5.91 Å². The highest BCUT2D eigenvalue weighted by atomic mass is 32.2. The first kappa shape index (κ1) is 19.4. The van der Waals surface area contributed by atoms with E-state index in [1.165, 1.54) is 0 Å². The van der Waals surface area contributed by atoms with Gasteiger partial charge in [0.1, 0.15) is 5.69 Å². The topological polar surface area (TPSA) is 79.4 Å². The minimum Gasteiger partial charge on any atom is -0.370 e. The first-order valence-corrected chi connectivity index (χ1v) is 10.8. The number of hydrogen-bond acceptors (Lipinski definition) is 5. The van der Waals surface area contributed by atoms with Crippen molar-refractivity contribution in [1.82, 2.24) is 4.98 Å². The van der Waals surface area contributed by atoms with Crippen molar-refractivity contribution in [3.8, 4) is 0 Å². The van der Waals surface area contributed by atoms with Crippen molar-refractivity contribution in [1.29, 1.82) is 0 Å². The minimum atomic E-state index is -2.97. The van der Waals surface area contributed by atoms with Crippen LogP contribution in [0.2, 0.25) is 0 Å². The third-order valence-electron chi connectivity index (χ3n) is 5.06. The SMILES string of the molecule is Cc1cc(C)c(NC(=O)c2cc(N(C)C3CCS(=O)(=O)C3)ccn2)c(C)c1. The Labute approximate surface area is 160 Å². The van der Waals surface area contributed by atoms with E-state index in [1.54, 1.807) is 18.3 Å². The predicted molar refractivity (Wildman–Crippen MR) is 108 cm³/mol. The lowest BCUT2D eigenvalue weighted by molar-refractivity contribution is 0.102. The van der Waals surface area contributed by atoms with Crippen LogP contribution in [0.3, 0.4) is 0 Å². The van der Waals surface area contributed by atoms with Crippen molar-refractivity contribution in [3.63, 3.8) is 0 Å². The zero-order chi connectivity index (χ0) is 19.8. The van der Waals surface area contributed by atoms with Gasteiger partial charge in [-0.2, -0.15) is 0 Å². The number of nitrogens with one attached hydrogen (secondary N) is 1. The van der Waals surface area contributed by atoms with Crippen LogP contribution in [0.4, 0.5) is 11.4 Å². The van der Waals surface area contributed by atoms with Gasteiger partial charge in [-0.05, 0) is 50.5 Å². The summed E-state index contributed by atoms with van der Waals surface area (Å²) in [5.74, 6) is 0.0842. The van der Waals surface area contributed by atoms with Crippen LogP contribution >= 0.6 is 0 Å². The highest BCUT2D eigenvalue weighted by molar-refractivity contribution is 7.91. The van der Waals surface area contributed by atoms with Crippen LogP contribution in [-0.4, -0.2) is 43.9 Å². The second kappa shape index (κ2) is 7.31. The molecule has 1 aliphatic heterocycles. The van der Waals surface area contributed by atoms with Crippen LogP contribution in [0.15, 0.2) is 30.5 Å². The maximum absolute atomic E-state index is 12.7. The van der Waals surface area contributed by atoms with E-state index in [-0.39, 0.29) is 23.5 Å². The van der Waals surface area contributed by atoms with Crippen LogP contribution in [0, 0.1) is 20.8 Å². The van der Waals surface area contributed by atoms with Gasteiger partial charge >= 0.3 is 0 Å². The molecule has 0 spiro atoms. The van der Waals surface area contributed by atoms with Crippen LogP contribution in [0.5, 0.6) is 0 Å². The van der Waals surface area contributed by atoms with Gasteiger partial charge in [-0.15, -0.1) is 0 Å². The molecule has 1 N–H and O–H groups in total. The number of carbonyl (C=O) groups is 1. The molecule has 0 bridgehead atoms. The lowest BCUT2D eigenvalue weighted by Crippen LogP contribution is -2.32. The monoisotopic (exact) mass is 387 g/mol. The molecule has 2 heterocycles. The van der Waals surface area contributed by atoms with Crippen molar-refractivity contribution in [2.45, 2.75) is 33.2 Å². The smallest absolute Gasteiger partial charge is 0.274 e. The molecule has 1 unspecified atom stereocenters. The molecule has 1 fully saturated rings. The molecular formula is C20H25N3O3S. The number of rotatable bonds is 4.